The second-order valence-electron chi connectivity index (χ2n) is 8.66. The fourth-order valence-corrected chi connectivity index (χ4v) is 4.40. The number of carbonyl (C=O) groups excluding carboxylic acids is 1. The Morgan fingerprint density at radius 2 is 1.94 bits per heavy atom. The van der Waals surface area contributed by atoms with Crippen LogP contribution in [0.3, 0.4) is 0 Å². The topological polar surface area (TPSA) is 86.3 Å². The van der Waals surface area contributed by atoms with Gasteiger partial charge in [-0.2, -0.15) is 27.9 Å². The van der Waals surface area contributed by atoms with Crippen LogP contribution in [0.4, 0.5) is 13.2 Å². The van der Waals surface area contributed by atoms with Crippen molar-refractivity contribution in [3.8, 4) is 11.7 Å². The molecule has 176 valence electrons. The Kier molecular flexibility index (Phi) is 5.59. The van der Waals surface area contributed by atoms with Gasteiger partial charge in [0.1, 0.15) is 5.75 Å². The molecule has 2 fully saturated rings. The number of carbonyl (C=O) groups is 1. The first-order valence-electron chi connectivity index (χ1n) is 11.2. The zero-order valence-corrected chi connectivity index (χ0v) is 18.1. The molecule has 1 aromatic carbocycles. The summed E-state index contributed by atoms with van der Waals surface area (Å²) in [5.74, 6) is -1.42. The van der Waals surface area contributed by atoms with Gasteiger partial charge in [0.05, 0.1) is 16.6 Å². The highest BCUT2D eigenvalue weighted by molar-refractivity contribution is 5.92. The fraction of sp³-hybridized carbons (Fsp3) is 0.545. The zero-order valence-electron chi connectivity index (χ0n) is 18.1. The van der Waals surface area contributed by atoms with Crippen LogP contribution in [-0.4, -0.2) is 56.6 Å². The van der Waals surface area contributed by atoms with E-state index in [9.17, 15) is 18.0 Å². The molecule has 3 heterocycles. The van der Waals surface area contributed by atoms with E-state index in [0.717, 1.165) is 51.7 Å². The Bertz CT molecular complexity index is 1160. The first-order valence-corrected chi connectivity index (χ1v) is 11.2. The van der Waals surface area contributed by atoms with E-state index in [4.69, 9.17) is 9.26 Å². The molecule has 11 heteroatoms. The van der Waals surface area contributed by atoms with Crippen molar-refractivity contribution >= 4 is 16.9 Å². The summed E-state index contributed by atoms with van der Waals surface area (Å²) in [6, 6.07) is 4.55. The van der Waals surface area contributed by atoms with E-state index in [-0.39, 0.29) is 23.5 Å². The summed E-state index contributed by atoms with van der Waals surface area (Å²) < 4.78 is 50.1. The summed E-state index contributed by atoms with van der Waals surface area (Å²) in [4.78, 5) is 18.5. The van der Waals surface area contributed by atoms with Gasteiger partial charge in [-0.25, -0.2) is 4.79 Å². The van der Waals surface area contributed by atoms with Crippen molar-refractivity contribution in [3.63, 3.8) is 0 Å². The SMILES string of the molecule is CCCN1CCC(c2nc(-n3nc(C4CC4)c4c(OC(=O)C(F)(F)F)cccc43)no2)CC1. The number of benzene rings is 1. The number of hydrogen-bond acceptors (Lipinski definition) is 7. The third-order valence-corrected chi connectivity index (χ3v) is 6.19. The van der Waals surface area contributed by atoms with Gasteiger partial charge >= 0.3 is 12.1 Å². The molecular weight excluding hydrogens is 439 g/mol. The Morgan fingerprint density at radius 1 is 1.18 bits per heavy atom. The molecule has 2 aromatic heterocycles. The number of ether oxygens (including phenoxy) is 1. The molecule has 1 saturated carbocycles. The monoisotopic (exact) mass is 463 g/mol. The molecule has 1 saturated heterocycles. The van der Waals surface area contributed by atoms with E-state index < -0.39 is 12.1 Å². The van der Waals surface area contributed by atoms with E-state index in [1.807, 2.05) is 0 Å². The summed E-state index contributed by atoms with van der Waals surface area (Å²) in [6.45, 7) is 5.18. The van der Waals surface area contributed by atoms with E-state index in [0.29, 0.717) is 22.5 Å². The number of hydrogen-bond donors (Lipinski definition) is 0. The van der Waals surface area contributed by atoms with E-state index in [1.54, 1.807) is 6.07 Å². The second kappa shape index (κ2) is 8.44. The summed E-state index contributed by atoms with van der Waals surface area (Å²) in [6.07, 6.45) is -0.403. The minimum absolute atomic E-state index is 0.0914. The Morgan fingerprint density at radius 3 is 2.61 bits per heavy atom. The number of esters is 1. The Labute approximate surface area is 187 Å². The number of alkyl halides is 3. The van der Waals surface area contributed by atoms with Crippen LogP contribution in [0.15, 0.2) is 22.7 Å². The molecule has 0 spiro atoms. The Hall–Kier alpha value is -2.95. The molecule has 5 rings (SSSR count). The molecule has 2 aliphatic rings. The molecule has 0 N–H and O–H groups in total. The lowest BCUT2D eigenvalue weighted by Gasteiger charge is -2.29. The van der Waals surface area contributed by atoms with Gasteiger partial charge in [0.2, 0.25) is 5.89 Å². The standard InChI is InChI=1S/C22H24F3N5O3/c1-2-10-29-11-8-14(9-12-29)19-26-21(28-33-19)30-15-4-3-5-16(32-20(31)22(23,24)25)17(15)18(27-30)13-6-7-13/h3-5,13-14H,2,6-12H2,1H3. The number of nitrogens with zero attached hydrogens (tertiary/aromatic N) is 5. The number of aromatic nitrogens is 4. The van der Waals surface area contributed by atoms with Gasteiger partial charge in [-0.3, -0.25) is 0 Å². The van der Waals surface area contributed by atoms with Gasteiger partial charge in [-0.15, -0.1) is 0 Å². The predicted octanol–water partition coefficient (Wildman–Crippen LogP) is 4.34. The fourth-order valence-electron chi connectivity index (χ4n) is 4.40. The quantitative estimate of drug-likeness (QED) is 0.397. The summed E-state index contributed by atoms with van der Waals surface area (Å²) >= 11 is 0. The van der Waals surface area contributed by atoms with Crippen LogP contribution >= 0.6 is 0 Å². The van der Waals surface area contributed by atoms with Gasteiger partial charge in [-0.1, -0.05) is 13.0 Å². The van der Waals surface area contributed by atoms with Crippen molar-refractivity contribution in [2.24, 2.45) is 0 Å². The lowest BCUT2D eigenvalue weighted by molar-refractivity contribution is -0.189. The van der Waals surface area contributed by atoms with Crippen molar-refractivity contribution in [2.45, 2.75) is 57.0 Å². The van der Waals surface area contributed by atoms with Crippen LogP contribution in [0.2, 0.25) is 0 Å². The van der Waals surface area contributed by atoms with Gasteiger partial charge in [0.15, 0.2) is 0 Å². The second-order valence-corrected chi connectivity index (χ2v) is 8.66. The summed E-state index contributed by atoms with van der Waals surface area (Å²) in [7, 11) is 0. The number of halogens is 3. The lowest BCUT2D eigenvalue weighted by atomic mass is 9.97. The van der Waals surface area contributed by atoms with Crippen LogP contribution < -0.4 is 4.74 Å². The van der Waals surface area contributed by atoms with Crippen molar-refractivity contribution in [1.29, 1.82) is 0 Å². The number of likely N-dealkylation sites (tertiary alicyclic amines) is 1. The lowest BCUT2D eigenvalue weighted by Crippen LogP contribution is -2.33. The Balaban J connectivity index is 1.46. The minimum Gasteiger partial charge on any atom is -0.419 e. The summed E-state index contributed by atoms with van der Waals surface area (Å²) in [5, 5.41) is 9.07. The number of piperidine rings is 1. The molecule has 1 aliphatic heterocycles. The maximum Gasteiger partial charge on any atom is 0.491 e. The van der Waals surface area contributed by atoms with Crippen LogP contribution in [-0.2, 0) is 4.79 Å². The largest absolute Gasteiger partial charge is 0.491 e. The molecule has 0 amide bonds. The van der Waals surface area contributed by atoms with Crippen LogP contribution in [0.25, 0.3) is 16.9 Å². The third kappa shape index (κ3) is 4.33. The van der Waals surface area contributed by atoms with Gasteiger partial charge < -0.3 is 14.2 Å². The van der Waals surface area contributed by atoms with Crippen molar-refractivity contribution in [1.82, 2.24) is 24.8 Å². The molecular formula is C22H24F3N5O3. The van der Waals surface area contributed by atoms with Gasteiger partial charge in [0.25, 0.3) is 5.95 Å². The molecule has 3 aromatic rings. The smallest absolute Gasteiger partial charge is 0.419 e. The van der Waals surface area contributed by atoms with Crippen LogP contribution in [0.5, 0.6) is 5.75 Å². The highest BCUT2D eigenvalue weighted by atomic mass is 19.4. The van der Waals surface area contributed by atoms with Crippen molar-refractivity contribution in [3.05, 3.63) is 29.8 Å². The first-order chi connectivity index (χ1) is 15.8. The molecule has 0 atom stereocenters. The van der Waals surface area contributed by atoms with Crippen LogP contribution in [0.1, 0.15) is 62.4 Å². The van der Waals surface area contributed by atoms with Gasteiger partial charge in [-0.05, 0) is 69.0 Å². The number of fused-ring (bicyclic) bond motifs is 1. The highest BCUT2D eigenvalue weighted by Crippen LogP contribution is 2.45. The molecule has 8 nitrogen and oxygen atoms in total. The average molecular weight is 463 g/mol. The van der Waals surface area contributed by atoms with Gasteiger partial charge in [0, 0.05) is 11.8 Å². The van der Waals surface area contributed by atoms with Crippen LogP contribution in [0, 0.1) is 0 Å². The first kappa shape index (κ1) is 21.9. The molecule has 0 bridgehead atoms. The van der Waals surface area contributed by atoms with E-state index in [2.05, 4.69) is 27.1 Å². The molecule has 0 unspecified atom stereocenters. The zero-order chi connectivity index (χ0) is 23.2. The molecule has 0 radical (unpaired) electrons. The highest BCUT2D eigenvalue weighted by Gasteiger charge is 2.42. The maximum atomic E-state index is 12.8. The van der Waals surface area contributed by atoms with E-state index in [1.165, 1.54) is 16.8 Å². The summed E-state index contributed by atoms with van der Waals surface area (Å²) in [5.41, 5.74) is 1.05. The molecule has 33 heavy (non-hydrogen) atoms. The normalized spacial score (nSPS) is 18.2. The van der Waals surface area contributed by atoms with E-state index >= 15 is 0 Å². The van der Waals surface area contributed by atoms with Crippen molar-refractivity contribution < 1.29 is 27.2 Å². The average Bonchev–Trinajstić information content (AvgIpc) is 3.38. The molecule has 1 aliphatic carbocycles. The predicted molar refractivity (Wildman–Crippen MR) is 111 cm³/mol. The third-order valence-electron chi connectivity index (χ3n) is 6.19. The minimum atomic E-state index is -5.09. The maximum absolute atomic E-state index is 12.8. The van der Waals surface area contributed by atoms with Crippen molar-refractivity contribution in [2.75, 3.05) is 19.6 Å². The number of rotatable bonds is 6.